The number of aryl methyl sites for hydroxylation is 2. The zero-order valence-corrected chi connectivity index (χ0v) is 28.6. The molecule has 0 unspecified atom stereocenters. The van der Waals surface area contributed by atoms with Crippen LogP contribution >= 0.6 is 0 Å². The minimum Gasteiger partial charge on any atom is -0.264 e. The fraction of sp³-hybridized carbons (Fsp3) is 0.0625. The van der Waals surface area contributed by atoms with Gasteiger partial charge in [-0.1, -0.05) is 140 Å². The van der Waals surface area contributed by atoms with Crippen LogP contribution in [0.15, 0.2) is 176 Å². The maximum absolute atomic E-state index is 4.98. The van der Waals surface area contributed by atoms with Crippen molar-refractivity contribution in [2.45, 2.75) is 19.3 Å². The summed E-state index contributed by atoms with van der Waals surface area (Å²) in [6.45, 7) is 4.11. The summed E-state index contributed by atoms with van der Waals surface area (Å²) in [5.74, 6) is 0.750. The van der Waals surface area contributed by atoms with Gasteiger partial charge in [0, 0.05) is 23.5 Å². The lowest BCUT2D eigenvalue weighted by Gasteiger charge is -2.34. The number of rotatable bonds is 6. The first kappa shape index (κ1) is 30.6. The molecule has 3 heteroatoms. The first-order valence-electron chi connectivity index (χ1n) is 17.4. The smallest absolute Gasteiger partial charge is 0.126 e. The van der Waals surface area contributed by atoms with E-state index in [1.165, 1.54) is 55.6 Å². The molecule has 0 bridgehead atoms. The molecule has 0 fully saturated rings. The van der Waals surface area contributed by atoms with Crippen LogP contribution in [0.1, 0.15) is 33.6 Å². The molecule has 0 N–H and O–H groups in total. The molecule has 242 valence electrons. The second-order valence-corrected chi connectivity index (χ2v) is 13.3. The van der Waals surface area contributed by atoms with Gasteiger partial charge in [-0.05, 0) is 99.3 Å². The molecule has 6 aromatic carbocycles. The van der Waals surface area contributed by atoms with E-state index in [2.05, 4.69) is 170 Å². The van der Waals surface area contributed by atoms with Crippen molar-refractivity contribution in [3.05, 3.63) is 210 Å². The number of hydrogen-bond donors (Lipinski definition) is 0. The molecule has 0 radical (unpaired) electrons. The Bertz CT molecular complexity index is 2500. The van der Waals surface area contributed by atoms with E-state index < -0.39 is 5.41 Å². The second-order valence-electron chi connectivity index (χ2n) is 13.3. The van der Waals surface area contributed by atoms with Gasteiger partial charge in [-0.3, -0.25) is 4.98 Å². The molecular weight excluding hydrogens is 619 g/mol. The largest absolute Gasteiger partial charge is 0.264 e. The summed E-state index contributed by atoms with van der Waals surface area (Å²) in [7, 11) is 0. The predicted molar refractivity (Wildman–Crippen MR) is 208 cm³/mol. The van der Waals surface area contributed by atoms with Crippen LogP contribution in [-0.4, -0.2) is 15.0 Å². The molecule has 0 saturated heterocycles. The second kappa shape index (κ2) is 12.5. The van der Waals surface area contributed by atoms with Gasteiger partial charge in [-0.2, -0.15) is 0 Å². The third-order valence-electron chi connectivity index (χ3n) is 10.3. The standard InChI is InChI=1S/C48H35N3/c1-32-31-49-27-26-39(32)41-21-13-12-20-40(41)35-22-24-42-43-25-23-36(47-30-46(50-33(2)51-47)34-14-6-3-7-15-34)29-45(43)48(44(42)28-35,37-16-8-4-9-17-37)38-18-10-5-11-19-38/h3-31H,1-2H3. The Morgan fingerprint density at radius 2 is 0.941 bits per heavy atom. The maximum atomic E-state index is 4.98. The lowest BCUT2D eigenvalue weighted by Crippen LogP contribution is -2.28. The number of nitrogens with zero attached hydrogens (tertiary/aromatic N) is 3. The van der Waals surface area contributed by atoms with Crippen molar-refractivity contribution in [2.24, 2.45) is 0 Å². The van der Waals surface area contributed by atoms with Crippen molar-refractivity contribution in [3.8, 4) is 55.9 Å². The molecule has 8 aromatic rings. The summed E-state index contributed by atoms with van der Waals surface area (Å²) in [5, 5.41) is 0. The van der Waals surface area contributed by atoms with Gasteiger partial charge in [0.25, 0.3) is 0 Å². The average Bonchev–Trinajstić information content (AvgIpc) is 3.48. The van der Waals surface area contributed by atoms with E-state index in [1.54, 1.807) is 0 Å². The molecule has 0 saturated carbocycles. The van der Waals surface area contributed by atoms with Gasteiger partial charge in [-0.25, -0.2) is 9.97 Å². The van der Waals surface area contributed by atoms with Crippen molar-refractivity contribution in [2.75, 3.05) is 0 Å². The van der Waals surface area contributed by atoms with Crippen LogP contribution < -0.4 is 0 Å². The molecule has 51 heavy (non-hydrogen) atoms. The lowest BCUT2D eigenvalue weighted by molar-refractivity contribution is 0.769. The van der Waals surface area contributed by atoms with Gasteiger partial charge in [-0.15, -0.1) is 0 Å². The predicted octanol–water partition coefficient (Wildman–Crippen LogP) is 11.5. The highest BCUT2D eigenvalue weighted by Gasteiger charge is 2.46. The van der Waals surface area contributed by atoms with E-state index in [9.17, 15) is 0 Å². The molecular formula is C48H35N3. The Morgan fingerprint density at radius 1 is 0.412 bits per heavy atom. The van der Waals surface area contributed by atoms with Gasteiger partial charge in [0.2, 0.25) is 0 Å². The van der Waals surface area contributed by atoms with Crippen molar-refractivity contribution in [1.29, 1.82) is 0 Å². The van der Waals surface area contributed by atoms with Crippen molar-refractivity contribution < 1.29 is 0 Å². The Labute approximate surface area is 299 Å². The van der Waals surface area contributed by atoms with E-state index in [-0.39, 0.29) is 0 Å². The molecule has 2 heterocycles. The van der Waals surface area contributed by atoms with Gasteiger partial charge < -0.3 is 0 Å². The van der Waals surface area contributed by atoms with E-state index in [4.69, 9.17) is 9.97 Å². The molecule has 0 aliphatic heterocycles. The zero-order valence-electron chi connectivity index (χ0n) is 28.6. The summed E-state index contributed by atoms with van der Waals surface area (Å²) in [4.78, 5) is 14.2. The van der Waals surface area contributed by atoms with Gasteiger partial charge >= 0.3 is 0 Å². The van der Waals surface area contributed by atoms with Crippen LogP contribution in [0.25, 0.3) is 55.9 Å². The van der Waals surface area contributed by atoms with Gasteiger partial charge in [0.15, 0.2) is 0 Å². The molecule has 0 amide bonds. The highest BCUT2D eigenvalue weighted by molar-refractivity contribution is 5.92. The number of aromatic nitrogens is 3. The quantitative estimate of drug-likeness (QED) is 0.179. The fourth-order valence-corrected chi connectivity index (χ4v) is 8.03. The molecule has 1 aliphatic carbocycles. The topological polar surface area (TPSA) is 38.7 Å². The average molecular weight is 654 g/mol. The minimum atomic E-state index is -0.564. The first-order valence-corrected chi connectivity index (χ1v) is 17.4. The molecule has 9 rings (SSSR count). The van der Waals surface area contributed by atoms with Crippen LogP contribution in [-0.2, 0) is 5.41 Å². The maximum Gasteiger partial charge on any atom is 0.126 e. The van der Waals surface area contributed by atoms with E-state index in [1.807, 2.05) is 25.4 Å². The Kier molecular flexibility index (Phi) is 7.48. The van der Waals surface area contributed by atoms with E-state index >= 15 is 0 Å². The summed E-state index contributed by atoms with van der Waals surface area (Å²) in [6, 6.07) is 59.2. The van der Waals surface area contributed by atoms with Crippen molar-refractivity contribution in [3.63, 3.8) is 0 Å². The van der Waals surface area contributed by atoms with Crippen LogP contribution in [0.3, 0.4) is 0 Å². The summed E-state index contributed by atoms with van der Waals surface area (Å²) < 4.78 is 0. The van der Waals surface area contributed by atoms with Crippen LogP contribution in [0, 0.1) is 13.8 Å². The highest BCUT2D eigenvalue weighted by Crippen LogP contribution is 2.57. The molecule has 2 aromatic heterocycles. The third-order valence-corrected chi connectivity index (χ3v) is 10.3. The summed E-state index contributed by atoms with van der Waals surface area (Å²) >= 11 is 0. The van der Waals surface area contributed by atoms with Crippen molar-refractivity contribution >= 4 is 0 Å². The number of pyridine rings is 1. The summed E-state index contributed by atoms with van der Waals surface area (Å²) in [5.41, 5.74) is 16.8. The molecule has 3 nitrogen and oxygen atoms in total. The zero-order chi connectivity index (χ0) is 34.4. The first-order chi connectivity index (χ1) is 25.1. The fourth-order valence-electron chi connectivity index (χ4n) is 8.03. The van der Waals surface area contributed by atoms with Crippen LogP contribution in [0.5, 0.6) is 0 Å². The molecule has 0 spiro atoms. The highest BCUT2D eigenvalue weighted by atomic mass is 14.9. The lowest BCUT2D eigenvalue weighted by atomic mass is 9.67. The normalized spacial score (nSPS) is 12.7. The van der Waals surface area contributed by atoms with Crippen LogP contribution in [0.2, 0.25) is 0 Å². The van der Waals surface area contributed by atoms with Crippen LogP contribution in [0.4, 0.5) is 0 Å². The number of fused-ring (bicyclic) bond motifs is 3. The van der Waals surface area contributed by atoms with Gasteiger partial charge in [0.05, 0.1) is 16.8 Å². The molecule has 1 aliphatic rings. The Balaban J connectivity index is 1.31. The number of benzene rings is 6. The minimum absolute atomic E-state index is 0.564. The Morgan fingerprint density at radius 3 is 1.57 bits per heavy atom. The van der Waals surface area contributed by atoms with E-state index in [0.717, 1.165) is 33.9 Å². The van der Waals surface area contributed by atoms with E-state index in [0.29, 0.717) is 0 Å². The Hall–Kier alpha value is -6.45. The van der Waals surface area contributed by atoms with Gasteiger partial charge in [0.1, 0.15) is 5.82 Å². The third kappa shape index (κ3) is 5.09. The van der Waals surface area contributed by atoms with Crippen molar-refractivity contribution in [1.82, 2.24) is 15.0 Å². The number of hydrogen-bond acceptors (Lipinski definition) is 3. The molecule has 0 atom stereocenters. The SMILES string of the molecule is Cc1nc(-c2ccccc2)cc(-c2ccc3c(c2)C(c2ccccc2)(c2ccccc2)c2cc(-c4ccccc4-c4ccncc4C)ccc2-3)n1. The summed E-state index contributed by atoms with van der Waals surface area (Å²) in [6.07, 6.45) is 3.83. The monoisotopic (exact) mass is 653 g/mol.